The van der Waals surface area contributed by atoms with Crippen LogP contribution in [-0.2, 0) is 0 Å². The summed E-state index contributed by atoms with van der Waals surface area (Å²) in [6.07, 6.45) is 0. The van der Waals surface area contributed by atoms with Crippen molar-refractivity contribution in [1.82, 2.24) is 9.97 Å². The highest BCUT2D eigenvalue weighted by atomic mass is 127. The Kier molecular flexibility index (Phi) is 1.93. The third kappa shape index (κ3) is 1.28. The Morgan fingerprint density at radius 3 is 2.80 bits per heavy atom. The van der Waals surface area contributed by atoms with Gasteiger partial charge in [0.2, 0.25) is 5.88 Å². The average molecular weight is 252 g/mol. The summed E-state index contributed by atoms with van der Waals surface area (Å²) in [5, 5.41) is 8.94. The second kappa shape index (κ2) is 2.57. The first-order chi connectivity index (χ1) is 4.61. The summed E-state index contributed by atoms with van der Waals surface area (Å²) in [6, 6.07) is 0. The molecule has 0 aliphatic rings. The van der Waals surface area contributed by atoms with Crippen LogP contribution in [0.1, 0.15) is 5.82 Å². The van der Waals surface area contributed by atoms with E-state index in [0.29, 0.717) is 5.82 Å². The Bertz CT molecular complexity index is 307. The molecule has 1 aromatic heterocycles. The minimum absolute atomic E-state index is 0.207. The fourth-order valence-electron chi connectivity index (χ4n) is 0.557. The third-order valence-corrected chi connectivity index (χ3v) is 1.94. The van der Waals surface area contributed by atoms with Crippen LogP contribution in [0.25, 0.3) is 0 Å². The van der Waals surface area contributed by atoms with E-state index in [1.165, 1.54) is 0 Å². The number of rotatable bonds is 0. The Morgan fingerprint density at radius 1 is 1.70 bits per heavy atom. The van der Waals surface area contributed by atoms with Gasteiger partial charge in [0.05, 0.1) is 0 Å². The summed E-state index contributed by atoms with van der Waals surface area (Å²) in [5.41, 5.74) is -0.300. The molecule has 0 radical (unpaired) electrons. The lowest BCUT2D eigenvalue weighted by molar-refractivity contribution is 0.444. The highest BCUT2D eigenvalue weighted by Gasteiger charge is 2.03. The van der Waals surface area contributed by atoms with Gasteiger partial charge in [-0.3, -0.25) is 4.79 Å². The van der Waals surface area contributed by atoms with Gasteiger partial charge in [-0.1, -0.05) is 0 Å². The molecule has 1 rings (SSSR count). The van der Waals surface area contributed by atoms with E-state index in [2.05, 4.69) is 9.97 Å². The van der Waals surface area contributed by atoms with Gasteiger partial charge in [-0.05, 0) is 29.5 Å². The van der Waals surface area contributed by atoms with E-state index in [9.17, 15) is 4.79 Å². The SMILES string of the molecule is Cc1nc(O)c(I)c(=O)[nH]1. The normalized spacial score (nSPS) is 9.80. The van der Waals surface area contributed by atoms with Crippen molar-refractivity contribution in [2.45, 2.75) is 6.92 Å². The van der Waals surface area contributed by atoms with Crippen LogP contribution in [0.2, 0.25) is 0 Å². The number of nitrogens with zero attached hydrogens (tertiary/aromatic N) is 1. The molecule has 5 heteroatoms. The van der Waals surface area contributed by atoms with Crippen LogP contribution in [0.3, 0.4) is 0 Å². The van der Waals surface area contributed by atoms with Gasteiger partial charge in [0.25, 0.3) is 5.56 Å². The number of nitrogens with one attached hydrogen (secondary N) is 1. The summed E-state index contributed by atoms with van der Waals surface area (Å²) in [6.45, 7) is 1.61. The molecule has 0 fully saturated rings. The molecule has 10 heavy (non-hydrogen) atoms. The highest BCUT2D eigenvalue weighted by Crippen LogP contribution is 2.09. The van der Waals surface area contributed by atoms with Crippen LogP contribution in [0.15, 0.2) is 4.79 Å². The van der Waals surface area contributed by atoms with E-state index in [-0.39, 0.29) is 15.0 Å². The lowest BCUT2D eigenvalue weighted by Gasteiger charge is -1.94. The largest absolute Gasteiger partial charge is 0.492 e. The van der Waals surface area contributed by atoms with Crippen LogP contribution < -0.4 is 5.56 Å². The maximum Gasteiger partial charge on any atom is 0.268 e. The highest BCUT2D eigenvalue weighted by molar-refractivity contribution is 14.1. The van der Waals surface area contributed by atoms with Crippen molar-refractivity contribution in [2.75, 3.05) is 0 Å². The number of halogens is 1. The average Bonchev–Trinajstić information content (AvgIpc) is 1.82. The smallest absolute Gasteiger partial charge is 0.268 e. The summed E-state index contributed by atoms with van der Waals surface area (Å²) < 4.78 is 0.225. The van der Waals surface area contributed by atoms with E-state index < -0.39 is 0 Å². The van der Waals surface area contributed by atoms with Gasteiger partial charge in [-0.2, -0.15) is 4.98 Å². The van der Waals surface area contributed by atoms with Crippen molar-refractivity contribution < 1.29 is 5.11 Å². The predicted octanol–water partition coefficient (Wildman–Crippen LogP) is 0.389. The van der Waals surface area contributed by atoms with Crippen LogP contribution in [0.4, 0.5) is 0 Å². The van der Waals surface area contributed by atoms with E-state index in [1.54, 1.807) is 29.5 Å². The molecule has 0 aromatic carbocycles. The van der Waals surface area contributed by atoms with Crippen LogP contribution >= 0.6 is 22.6 Å². The van der Waals surface area contributed by atoms with Gasteiger partial charge in [-0.15, -0.1) is 0 Å². The molecule has 4 nitrogen and oxygen atoms in total. The number of hydrogen-bond acceptors (Lipinski definition) is 3. The molecule has 0 amide bonds. The predicted molar refractivity (Wildman–Crippen MR) is 44.0 cm³/mol. The lowest BCUT2D eigenvalue weighted by atomic mass is 10.6. The van der Waals surface area contributed by atoms with Crippen molar-refractivity contribution in [3.8, 4) is 5.88 Å². The molecule has 0 atom stereocenters. The molecule has 0 bridgehead atoms. The van der Waals surface area contributed by atoms with Crippen molar-refractivity contribution in [3.05, 3.63) is 19.7 Å². The Morgan fingerprint density at radius 2 is 2.30 bits per heavy atom. The number of aromatic nitrogens is 2. The summed E-state index contributed by atoms with van der Waals surface area (Å²) in [7, 11) is 0. The first kappa shape index (κ1) is 7.52. The standard InChI is InChI=1S/C5H5IN2O2/c1-2-7-4(9)3(6)5(10)8-2/h1H3,(H2,7,8,9,10). The second-order valence-corrected chi connectivity index (χ2v) is 2.87. The Balaban J connectivity index is 3.46. The molecule has 1 aromatic rings. The maximum atomic E-state index is 10.8. The minimum atomic E-state index is -0.300. The van der Waals surface area contributed by atoms with Crippen molar-refractivity contribution in [1.29, 1.82) is 0 Å². The summed E-state index contributed by atoms with van der Waals surface area (Å²) >= 11 is 1.73. The first-order valence-electron chi connectivity index (χ1n) is 2.56. The molecular formula is C5H5IN2O2. The summed E-state index contributed by atoms with van der Waals surface area (Å²) in [5.74, 6) is 0.213. The molecular weight excluding hydrogens is 247 g/mol. The van der Waals surface area contributed by atoms with Gasteiger partial charge < -0.3 is 10.1 Å². The van der Waals surface area contributed by atoms with Gasteiger partial charge in [0.15, 0.2) is 0 Å². The van der Waals surface area contributed by atoms with E-state index in [4.69, 9.17) is 5.11 Å². The monoisotopic (exact) mass is 252 g/mol. The van der Waals surface area contributed by atoms with Crippen LogP contribution in [0.5, 0.6) is 5.88 Å². The molecule has 0 spiro atoms. The Hall–Kier alpha value is -0.590. The minimum Gasteiger partial charge on any atom is -0.492 e. The first-order valence-corrected chi connectivity index (χ1v) is 3.64. The zero-order valence-electron chi connectivity index (χ0n) is 5.18. The molecule has 0 saturated carbocycles. The van der Waals surface area contributed by atoms with Crippen molar-refractivity contribution in [2.24, 2.45) is 0 Å². The van der Waals surface area contributed by atoms with Crippen LogP contribution in [-0.4, -0.2) is 15.1 Å². The number of H-pyrrole nitrogens is 1. The fourth-order valence-corrected chi connectivity index (χ4v) is 0.812. The van der Waals surface area contributed by atoms with Gasteiger partial charge in [-0.25, -0.2) is 0 Å². The molecule has 0 unspecified atom stereocenters. The molecule has 1 heterocycles. The molecule has 54 valence electrons. The van der Waals surface area contributed by atoms with Crippen LogP contribution in [0, 0.1) is 10.5 Å². The number of hydrogen-bond donors (Lipinski definition) is 2. The van der Waals surface area contributed by atoms with E-state index in [0.717, 1.165) is 0 Å². The van der Waals surface area contributed by atoms with Gasteiger partial charge >= 0.3 is 0 Å². The fraction of sp³-hybridized carbons (Fsp3) is 0.200. The quantitative estimate of drug-likeness (QED) is 0.656. The number of aromatic hydroxyl groups is 1. The molecule has 2 N–H and O–H groups in total. The van der Waals surface area contributed by atoms with E-state index in [1.807, 2.05) is 0 Å². The molecule has 0 aliphatic heterocycles. The van der Waals surface area contributed by atoms with Crippen molar-refractivity contribution >= 4 is 22.6 Å². The number of aromatic amines is 1. The summed E-state index contributed by atoms with van der Waals surface area (Å²) in [4.78, 5) is 16.9. The van der Waals surface area contributed by atoms with Gasteiger partial charge in [0.1, 0.15) is 9.39 Å². The van der Waals surface area contributed by atoms with Crippen molar-refractivity contribution in [3.63, 3.8) is 0 Å². The zero-order chi connectivity index (χ0) is 7.72. The number of aryl methyl sites for hydroxylation is 1. The lowest BCUT2D eigenvalue weighted by Crippen LogP contribution is -2.12. The molecule has 0 saturated heterocycles. The molecule has 0 aliphatic carbocycles. The third-order valence-electron chi connectivity index (χ3n) is 0.964. The zero-order valence-corrected chi connectivity index (χ0v) is 7.34. The second-order valence-electron chi connectivity index (χ2n) is 1.79. The topological polar surface area (TPSA) is 66.0 Å². The Labute approximate surface area is 70.5 Å². The maximum absolute atomic E-state index is 10.8. The van der Waals surface area contributed by atoms with Gasteiger partial charge in [0, 0.05) is 0 Å². The van der Waals surface area contributed by atoms with E-state index >= 15 is 0 Å².